The molecule has 16 heavy (non-hydrogen) atoms. The van der Waals surface area contributed by atoms with Crippen molar-refractivity contribution in [1.82, 2.24) is 19.5 Å². The summed E-state index contributed by atoms with van der Waals surface area (Å²) in [7, 11) is 1.84. The third kappa shape index (κ3) is 1.76. The minimum atomic E-state index is 0.351. The second kappa shape index (κ2) is 4.30. The summed E-state index contributed by atoms with van der Waals surface area (Å²) in [6, 6.07) is 0.351. The Hall–Kier alpha value is -1.91. The Morgan fingerprint density at radius 2 is 2.00 bits per heavy atom. The van der Waals surface area contributed by atoms with Gasteiger partial charge in [-0.3, -0.25) is 0 Å². The van der Waals surface area contributed by atoms with Gasteiger partial charge in [0.15, 0.2) is 5.82 Å². The molecule has 2 aromatic rings. The number of nitrogens with one attached hydrogen (secondary N) is 1. The zero-order valence-electron chi connectivity index (χ0n) is 9.68. The first-order valence-electron chi connectivity index (χ1n) is 5.25. The lowest BCUT2D eigenvalue weighted by atomic mass is 10.2. The first kappa shape index (κ1) is 10.6. The van der Waals surface area contributed by atoms with Gasteiger partial charge in [0, 0.05) is 25.5 Å². The Morgan fingerprint density at radius 1 is 1.25 bits per heavy atom. The Bertz CT molecular complexity index is 475. The topological polar surface area (TPSA) is 55.6 Å². The second-order valence-corrected chi connectivity index (χ2v) is 3.78. The van der Waals surface area contributed by atoms with Gasteiger partial charge in [-0.2, -0.15) is 0 Å². The molecule has 84 valence electrons. The lowest BCUT2D eigenvalue weighted by Crippen LogP contribution is -2.04. The zero-order chi connectivity index (χ0) is 11.5. The molecule has 0 aliphatic carbocycles. The van der Waals surface area contributed by atoms with Gasteiger partial charge in [0.05, 0.1) is 18.2 Å². The van der Waals surface area contributed by atoms with E-state index in [0.29, 0.717) is 6.04 Å². The van der Waals surface area contributed by atoms with Crippen LogP contribution in [0.3, 0.4) is 0 Å². The van der Waals surface area contributed by atoms with Crippen molar-refractivity contribution < 1.29 is 0 Å². The second-order valence-electron chi connectivity index (χ2n) is 3.78. The standard InChI is InChI=1S/C11H15N5/c1-8(2)16-7-13-6-9(16)10-11(12-3)15-5-4-14-10/h4-8H,1-3H3,(H,12,15). The van der Waals surface area contributed by atoms with E-state index < -0.39 is 0 Å². The summed E-state index contributed by atoms with van der Waals surface area (Å²) >= 11 is 0. The van der Waals surface area contributed by atoms with E-state index in [1.807, 2.05) is 19.6 Å². The van der Waals surface area contributed by atoms with Crippen molar-refractivity contribution in [2.24, 2.45) is 0 Å². The predicted octanol–water partition coefficient (Wildman–Crippen LogP) is 1.96. The first-order chi connectivity index (χ1) is 7.74. The number of rotatable bonds is 3. The Kier molecular flexibility index (Phi) is 2.85. The van der Waals surface area contributed by atoms with Crippen molar-refractivity contribution >= 4 is 5.82 Å². The van der Waals surface area contributed by atoms with Crippen LogP contribution in [-0.4, -0.2) is 26.6 Å². The number of imidazole rings is 1. The van der Waals surface area contributed by atoms with Crippen LogP contribution in [0.1, 0.15) is 19.9 Å². The maximum absolute atomic E-state index is 4.35. The van der Waals surface area contributed by atoms with Crippen LogP contribution in [0.25, 0.3) is 11.4 Å². The third-order valence-electron chi connectivity index (χ3n) is 2.40. The van der Waals surface area contributed by atoms with Crippen LogP contribution in [-0.2, 0) is 0 Å². The van der Waals surface area contributed by atoms with Gasteiger partial charge in [-0.05, 0) is 13.8 Å². The normalized spacial score (nSPS) is 10.8. The molecule has 0 radical (unpaired) electrons. The molecule has 0 unspecified atom stereocenters. The highest BCUT2D eigenvalue weighted by Crippen LogP contribution is 2.24. The summed E-state index contributed by atoms with van der Waals surface area (Å²) in [6.45, 7) is 4.22. The van der Waals surface area contributed by atoms with Crippen LogP contribution in [0.2, 0.25) is 0 Å². The van der Waals surface area contributed by atoms with E-state index in [2.05, 4.69) is 38.7 Å². The predicted molar refractivity (Wildman–Crippen MR) is 63.2 cm³/mol. The highest BCUT2D eigenvalue weighted by atomic mass is 15.1. The molecule has 2 rings (SSSR count). The van der Waals surface area contributed by atoms with E-state index in [1.54, 1.807) is 12.4 Å². The van der Waals surface area contributed by atoms with Gasteiger partial charge in [0.1, 0.15) is 5.69 Å². The Morgan fingerprint density at radius 3 is 2.69 bits per heavy atom. The molecule has 0 saturated heterocycles. The Labute approximate surface area is 94.6 Å². The maximum Gasteiger partial charge on any atom is 0.153 e. The van der Waals surface area contributed by atoms with Crippen molar-refractivity contribution in [2.45, 2.75) is 19.9 Å². The fourth-order valence-electron chi connectivity index (χ4n) is 1.61. The van der Waals surface area contributed by atoms with Crippen LogP contribution in [0.4, 0.5) is 5.82 Å². The zero-order valence-corrected chi connectivity index (χ0v) is 9.68. The fourth-order valence-corrected chi connectivity index (χ4v) is 1.61. The maximum atomic E-state index is 4.35. The minimum absolute atomic E-state index is 0.351. The molecule has 2 heterocycles. The molecule has 0 spiro atoms. The van der Waals surface area contributed by atoms with E-state index in [1.165, 1.54) is 0 Å². The van der Waals surface area contributed by atoms with Gasteiger partial charge in [-0.25, -0.2) is 15.0 Å². The molecule has 2 aromatic heterocycles. The number of hydrogen-bond acceptors (Lipinski definition) is 4. The molecule has 0 saturated carbocycles. The van der Waals surface area contributed by atoms with Crippen LogP contribution in [0, 0.1) is 0 Å². The van der Waals surface area contributed by atoms with Crippen LogP contribution in [0.5, 0.6) is 0 Å². The number of nitrogens with zero attached hydrogens (tertiary/aromatic N) is 4. The van der Waals surface area contributed by atoms with Crippen molar-refractivity contribution in [3.63, 3.8) is 0 Å². The summed E-state index contributed by atoms with van der Waals surface area (Å²) in [5.41, 5.74) is 1.81. The lowest BCUT2D eigenvalue weighted by Gasteiger charge is -2.12. The molecule has 0 bridgehead atoms. The molecular weight excluding hydrogens is 202 g/mol. The minimum Gasteiger partial charge on any atom is -0.371 e. The summed E-state index contributed by atoms with van der Waals surface area (Å²) in [6.07, 6.45) is 6.98. The van der Waals surface area contributed by atoms with Crippen molar-refractivity contribution in [1.29, 1.82) is 0 Å². The summed E-state index contributed by atoms with van der Waals surface area (Å²) < 4.78 is 2.07. The van der Waals surface area contributed by atoms with Crippen LogP contribution in [0.15, 0.2) is 24.9 Å². The number of hydrogen-bond donors (Lipinski definition) is 1. The van der Waals surface area contributed by atoms with Gasteiger partial charge in [-0.15, -0.1) is 0 Å². The fraction of sp³-hybridized carbons (Fsp3) is 0.364. The molecule has 0 atom stereocenters. The first-order valence-corrected chi connectivity index (χ1v) is 5.25. The van der Waals surface area contributed by atoms with Gasteiger partial charge in [0.25, 0.3) is 0 Å². The highest BCUT2D eigenvalue weighted by Gasteiger charge is 2.12. The summed E-state index contributed by atoms with van der Waals surface area (Å²) in [5, 5.41) is 3.04. The van der Waals surface area contributed by atoms with E-state index in [0.717, 1.165) is 17.2 Å². The molecule has 0 amide bonds. The van der Waals surface area contributed by atoms with Gasteiger partial charge >= 0.3 is 0 Å². The Balaban J connectivity index is 2.54. The molecular formula is C11H15N5. The molecule has 0 aromatic carbocycles. The quantitative estimate of drug-likeness (QED) is 0.853. The van der Waals surface area contributed by atoms with Gasteiger partial charge in [0.2, 0.25) is 0 Å². The van der Waals surface area contributed by atoms with E-state index in [9.17, 15) is 0 Å². The monoisotopic (exact) mass is 217 g/mol. The average Bonchev–Trinajstić information content (AvgIpc) is 2.77. The third-order valence-corrected chi connectivity index (χ3v) is 2.40. The lowest BCUT2D eigenvalue weighted by molar-refractivity contribution is 0.604. The highest BCUT2D eigenvalue weighted by molar-refractivity contribution is 5.67. The number of aromatic nitrogens is 4. The largest absolute Gasteiger partial charge is 0.371 e. The molecule has 5 heteroatoms. The SMILES string of the molecule is CNc1nccnc1-c1cncn1C(C)C. The van der Waals surface area contributed by atoms with E-state index in [4.69, 9.17) is 0 Å². The molecule has 1 N–H and O–H groups in total. The summed E-state index contributed by atoms with van der Waals surface area (Å²) in [4.78, 5) is 12.8. The smallest absolute Gasteiger partial charge is 0.153 e. The molecule has 0 fully saturated rings. The molecule has 0 aliphatic heterocycles. The van der Waals surface area contributed by atoms with E-state index >= 15 is 0 Å². The van der Waals surface area contributed by atoms with E-state index in [-0.39, 0.29) is 0 Å². The van der Waals surface area contributed by atoms with Crippen molar-refractivity contribution in [3.8, 4) is 11.4 Å². The molecule has 5 nitrogen and oxygen atoms in total. The van der Waals surface area contributed by atoms with Crippen molar-refractivity contribution in [3.05, 3.63) is 24.9 Å². The summed E-state index contributed by atoms with van der Waals surface area (Å²) in [5.74, 6) is 0.768. The van der Waals surface area contributed by atoms with Crippen LogP contribution < -0.4 is 5.32 Å². The average molecular weight is 217 g/mol. The van der Waals surface area contributed by atoms with Crippen molar-refractivity contribution in [2.75, 3.05) is 12.4 Å². The van der Waals surface area contributed by atoms with Gasteiger partial charge in [-0.1, -0.05) is 0 Å². The number of anilines is 1. The van der Waals surface area contributed by atoms with Gasteiger partial charge < -0.3 is 9.88 Å². The molecule has 0 aliphatic rings. The van der Waals surface area contributed by atoms with Crippen LogP contribution >= 0.6 is 0 Å².